The van der Waals surface area contributed by atoms with Gasteiger partial charge in [-0.1, -0.05) is 6.07 Å². The minimum absolute atomic E-state index is 0.319. The molecule has 1 saturated heterocycles. The van der Waals surface area contributed by atoms with Crippen LogP contribution in [0.1, 0.15) is 43.2 Å². The maximum absolute atomic E-state index is 12.8. The molecule has 0 radical (unpaired) electrons. The van der Waals surface area contributed by atoms with E-state index in [-0.39, 0.29) is 5.75 Å². The molecule has 0 amide bonds. The summed E-state index contributed by atoms with van der Waals surface area (Å²) in [7, 11) is 0. The highest BCUT2D eigenvalue weighted by Gasteiger charge is 2.31. The second kappa shape index (κ2) is 12.8. The van der Waals surface area contributed by atoms with Gasteiger partial charge in [0.2, 0.25) is 0 Å². The van der Waals surface area contributed by atoms with Crippen molar-refractivity contribution in [3.63, 3.8) is 0 Å². The van der Waals surface area contributed by atoms with E-state index in [2.05, 4.69) is 63.8 Å². The minimum Gasteiger partial charge on any atom is -0.492 e. The number of alkyl halides is 3. The Hall–Kier alpha value is -3.42. The topological polar surface area (TPSA) is 77.6 Å². The standard InChI is InChI=1S/C32H31BrF3N5O3S/c33-26-16-27-25(15-29(26)42-12-13-45-19-24-9-8-23(43-24)18-40-10-1-2-11-40)30-28(41(27)21-6-7-21)17-37-39-31(30)38-20-4-3-5-22(14-20)44-32(34,35)36/h3-5,8-9,14-17,21H,1-2,6-7,10-13,18-19H2,(H,38,39). The van der Waals surface area contributed by atoms with Gasteiger partial charge in [-0.3, -0.25) is 4.90 Å². The van der Waals surface area contributed by atoms with Crippen molar-refractivity contribution in [2.75, 3.05) is 30.8 Å². The second-order valence-electron chi connectivity index (χ2n) is 11.3. The van der Waals surface area contributed by atoms with Gasteiger partial charge in [-0.25, -0.2) is 0 Å². The van der Waals surface area contributed by atoms with Crippen LogP contribution in [0.2, 0.25) is 0 Å². The van der Waals surface area contributed by atoms with E-state index in [0.29, 0.717) is 29.9 Å². The Labute approximate surface area is 270 Å². The van der Waals surface area contributed by atoms with Crippen LogP contribution in [0.3, 0.4) is 0 Å². The van der Waals surface area contributed by atoms with Gasteiger partial charge in [0, 0.05) is 28.9 Å². The van der Waals surface area contributed by atoms with E-state index in [4.69, 9.17) is 9.15 Å². The van der Waals surface area contributed by atoms with Crippen LogP contribution < -0.4 is 14.8 Å². The average molecular weight is 703 g/mol. The van der Waals surface area contributed by atoms with E-state index in [1.807, 2.05) is 6.07 Å². The number of ether oxygens (including phenoxy) is 2. The number of nitrogens with one attached hydrogen (secondary N) is 1. The monoisotopic (exact) mass is 701 g/mol. The molecule has 236 valence electrons. The van der Waals surface area contributed by atoms with Crippen molar-refractivity contribution in [2.45, 2.75) is 50.4 Å². The summed E-state index contributed by atoms with van der Waals surface area (Å²) in [6.45, 7) is 3.67. The highest BCUT2D eigenvalue weighted by molar-refractivity contribution is 9.10. The first-order chi connectivity index (χ1) is 21.8. The Morgan fingerprint density at radius 1 is 1.04 bits per heavy atom. The molecule has 8 nitrogen and oxygen atoms in total. The molecule has 7 rings (SSSR count). The first kappa shape index (κ1) is 30.2. The van der Waals surface area contributed by atoms with Gasteiger partial charge in [-0.2, -0.15) is 16.9 Å². The highest BCUT2D eigenvalue weighted by Crippen LogP contribution is 2.46. The SMILES string of the molecule is FC(F)(F)Oc1cccc(Nc2nncc3c2c2cc(OCCSCc4ccc(CN5CCCC5)o4)c(Br)cc2n3C2CC2)c1. The van der Waals surface area contributed by atoms with Crippen molar-refractivity contribution in [3.05, 3.63) is 70.7 Å². The van der Waals surface area contributed by atoms with E-state index in [1.165, 1.54) is 31.0 Å². The summed E-state index contributed by atoms with van der Waals surface area (Å²) in [6.07, 6.45) is 1.60. The fourth-order valence-corrected chi connectivity index (χ4v) is 7.01. The van der Waals surface area contributed by atoms with Crippen molar-refractivity contribution >= 4 is 61.0 Å². The number of nitrogens with zero attached hydrogens (tertiary/aromatic N) is 4. The summed E-state index contributed by atoms with van der Waals surface area (Å²) in [5.41, 5.74) is 2.31. The van der Waals surface area contributed by atoms with Gasteiger partial charge in [-0.15, -0.1) is 18.3 Å². The number of rotatable bonds is 12. The predicted octanol–water partition coefficient (Wildman–Crippen LogP) is 8.83. The van der Waals surface area contributed by atoms with Crippen molar-refractivity contribution in [2.24, 2.45) is 0 Å². The van der Waals surface area contributed by atoms with Gasteiger partial charge in [0.15, 0.2) is 5.82 Å². The van der Waals surface area contributed by atoms with Gasteiger partial charge in [0.1, 0.15) is 23.0 Å². The Morgan fingerprint density at radius 3 is 2.67 bits per heavy atom. The number of furan rings is 1. The summed E-state index contributed by atoms with van der Waals surface area (Å²) in [5.74, 6) is 4.38. The van der Waals surface area contributed by atoms with E-state index < -0.39 is 6.36 Å². The van der Waals surface area contributed by atoms with Crippen molar-refractivity contribution < 1.29 is 27.1 Å². The molecule has 1 aliphatic carbocycles. The summed E-state index contributed by atoms with van der Waals surface area (Å²) in [5, 5.41) is 13.5. The Bertz CT molecular complexity index is 1820. The van der Waals surface area contributed by atoms with Crippen molar-refractivity contribution in [1.82, 2.24) is 19.7 Å². The number of hydrogen-bond donors (Lipinski definition) is 1. The molecule has 1 saturated carbocycles. The molecule has 2 fully saturated rings. The predicted molar refractivity (Wildman–Crippen MR) is 172 cm³/mol. The number of aromatic nitrogens is 3. The van der Waals surface area contributed by atoms with Crippen LogP contribution in [-0.4, -0.2) is 51.5 Å². The second-order valence-corrected chi connectivity index (χ2v) is 13.3. The van der Waals surface area contributed by atoms with Crippen molar-refractivity contribution in [3.8, 4) is 11.5 Å². The molecule has 13 heteroatoms. The van der Waals surface area contributed by atoms with Crippen LogP contribution in [0.4, 0.5) is 24.7 Å². The van der Waals surface area contributed by atoms with E-state index >= 15 is 0 Å². The van der Waals surface area contributed by atoms with Gasteiger partial charge >= 0.3 is 6.36 Å². The largest absolute Gasteiger partial charge is 0.573 e. The molecule has 2 aliphatic rings. The molecule has 0 bridgehead atoms. The minimum atomic E-state index is -4.78. The third-order valence-electron chi connectivity index (χ3n) is 7.94. The average Bonchev–Trinajstić information content (AvgIpc) is 3.36. The summed E-state index contributed by atoms with van der Waals surface area (Å²) >= 11 is 5.47. The third kappa shape index (κ3) is 7.05. The number of anilines is 2. The number of benzene rings is 2. The Morgan fingerprint density at radius 2 is 1.87 bits per heavy atom. The lowest BCUT2D eigenvalue weighted by atomic mass is 10.2. The van der Waals surface area contributed by atoms with Crippen LogP contribution in [-0.2, 0) is 12.3 Å². The maximum Gasteiger partial charge on any atom is 0.573 e. The summed E-state index contributed by atoms with van der Waals surface area (Å²) in [6, 6.07) is 14.2. The van der Waals surface area contributed by atoms with Gasteiger partial charge < -0.3 is 23.8 Å². The van der Waals surface area contributed by atoms with Crippen LogP contribution in [0.15, 0.2) is 63.6 Å². The molecule has 3 aromatic heterocycles. The normalized spacial score (nSPS) is 15.7. The Balaban J connectivity index is 1.08. The van der Waals surface area contributed by atoms with E-state index in [0.717, 1.165) is 81.8 Å². The molecule has 1 N–H and O–H groups in total. The highest BCUT2D eigenvalue weighted by atomic mass is 79.9. The molecule has 0 spiro atoms. The molecule has 5 aromatic rings. The number of likely N-dealkylation sites (tertiary alicyclic amines) is 1. The van der Waals surface area contributed by atoms with E-state index in [9.17, 15) is 13.2 Å². The van der Waals surface area contributed by atoms with Gasteiger partial charge in [-0.05, 0) is 91.1 Å². The molecule has 1 aliphatic heterocycles. The van der Waals surface area contributed by atoms with Crippen molar-refractivity contribution in [1.29, 1.82) is 0 Å². The lowest BCUT2D eigenvalue weighted by Crippen LogP contribution is -2.17. The molecule has 2 aromatic carbocycles. The molecule has 45 heavy (non-hydrogen) atoms. The lowest BCUT2D eigenvalue weighted by molar-refractivity contribution is -0.274. The zero-order valence-electron chi connectivity index (χ0n) is 24.3. The lowest BCUT2D eigenvalue weighted by Gasteiger charge is -2.12. The van der Waals surface area contributed by atoms with Crippen LogP contribution in [0.5, 0.6) is 11.5 Å². The first-order valence-corrected chi connectivity index (χ1v) is 16.9. The number of thioether (sulfide) groups is 1. The molecular weight excluding hydrogens is 671 g/mol. The smallest absolute Gasteiger partial charge is 0.492 e. The summed E-state index contributed by atoms with van der Waals surface area (Å²) < 4.78 is 57.9. The fourth-order valence-electron chi connectivity index (χ4n) is 5.86. The number of halogens is 4. The quantitative estimate of drug-likeness (QED) is 0.129. The third-order valence-corrected chi connectivity index (χ3v) is 9.50. The van der Waals surface area contributed by atoms with Crippen LogP contribution in [0.25, 0.3) is 21.8 Å². The number of fused-ring (bicyclic) bond motifs is 3. The molecule has 0 unspecified atom stereocenters. The fraction of sp³-hybridized carbons (Fsp3) is 0.375. The van der Waals surface area contributed by atoms with Crippen LogP contribution in [0, 0.1) is 0 Å². The van der Waals surface area contributed by atoms with E-state index in [1.54, 1.807) is 24.0 Å². The number of hydrogen-bond acceptors (Lipinski definition) is 8. The zero-order chi connectivity index (χ0) is 31.0. The first-order valence-electron chi connectivity index (χ1n) is 14.9. The maximum atomic E-state index is 12.8. The van der Waals surface area contributed by atoms with Gasteiger partial charge in [0.25, 0.3) is 0 Å². The van der Waals surface area contributed by atoms with Crippen LogP contribution >= 0.6 is 27.7 Å². The summed E-state index contributed by atoms with van der Waals surface area (Å²) in [4.78, 5) is 2.43. The van der Waals surface area contributed by atoms with Gasteiger partial charge in [0.05, 0.1) is 46.0 Å². The molecular formula is C32H31BrF3N5O3S. The Kier molecular flexibility index (Phi) is 8.58. The zero-order valence-corrected chi connectivity index (χ0v) is 26.7. The molecule has 4 heterocycles. The molecule has 0 atom stereocenters.